The summed E-state index contributed by atoms with van der Waals surface area (Å²) < 4.78 is 5.93. The van der Waals surface area contributed by atoms with Crippen molar-refractivity contribution in [3.05, 3.63) is 29.8 Å². The SMILES string of the molecule is CCCN(CCC)CCOc1ccccc1CNC. The summed E-state index contributed by atoms with van der Waals surface area (Å²) in [6, 6.07) is 8.25. The third kappa shape index (κ3) is 6.08. The zero-order chi connectivity index (χ0) is 13.9. The summed E-state index contributed by atoms with van der Waals surface area (Å²) in [5.74, 6) is 1.00. The van der Waals surface area contributed by atoms with Crippen LogP contribution in [0.25, 0.3) is 0 Å². The molecule has 0 atom stereocenters. The molecule has 0 radical (unpaired) electrons. The van der Waals surface area contributed by atoms with E-state index in [0.717, 1.165) is 38.5 Å². The molecule has 1 aromatic carbocycles. The molecule has 0 saturated carbocycles. The van der Waals surface area contributed by atoms with Crippen LogP contribution in [0.5, 0.6) is 5.75 Å². The first-order chi connectivity index (χ1) is 9.31. The van der Waals surface area contributed by atoms with Gasteiger partial charge in [0.2, 0.25) is 0 Å². The fraction of sp³-hybridized carbons (Fsp3) is 0.625. The highest BCUT2D eigenvalue weighted by Crippen LogP contribution is 2.17. The maximum atomic E-state index is 5.93. The van der Waals surface area contributed by atoms with Gasteiger partial charge in [-0.05, 0) is 39.0 Å². The summed E-state index contributed by atoms with van der Waals surface area (Å²) in [6.45, 7) is 9.41. The second-order valence-corrected chi connectivity index (χ2v) is 4.83. The molecule has 0 aliphatic rings. The van der Waals surface area contributed by atoms with E-state index in [4.69, 9.17) is 4.74 Å². The van der Waals surface area contributed by atoms with Crippen molar-refractivity contribution >= 4 is 0 Å². The molecular weight excluding hydrogens is 236 g/mol. The Labute approximate surface area is 118 Å². The highest BCUT2D eigenvalue weighted by atomic mass is 16.5. The minimum absolute atomic E-state index is 0.765. The Balaban J connectivity index is 2.42. The van der Waals surface area contributed by atoms with E-state index < -0.39 is 0 Å². The fourth-order valence-electron chi connectivity index (χ4n) is 2.23. The Kier molecular flexibility index (Phi) is 8.26. The molecule has 0 aliphatic carbocycles. The molecule has 3 heteroatoms. The van der Waals surface area contributed by atoms with Crippen molar-refractivity contribution in [1.29, 1.82) is 0 Å². The van der Waals surface area contributed by atoms with Gasteiger partial charge in [0.25, 0.3) is 0 Å². The van der Waals surface area contributed by atoms with Crippen molar-refractivity contribution in [2.24, 2.45) is 0 Å². The molecule has 3 nitrogen and oxygen atoms in total. The lowest BCUT2D eigenvalue weighted by Gasteiger charge is -2.21. The molecule has 1 aromatic rings. The highest BCUT2D eigenvalue weighted by molar-refractivity contribution is 5.33. The Morgan fingerprint density at radius 2 is 1.74 bits per heavy atom. The van der Waals surface area contributed by atoms with E-state index in [0.29, 0.717) is 0 Å². The van der Waals surface area contributed by atoms with Crippen molar-refractivity contribution in [2.45, 2.75) is 33.2 Å². The molecule has 108 valence electrons. The first kappa shape index (κ1) is 16.0. The number of nitrogens with one attached hydrogen (secondary N) is 1. The third-order valence-electron chi connectivity index (χ3n) is 3.08. The van der Waals surface area contributed by atoms with Gasteiger partial charge in [-0.15, -0.1) is 0 Å². The van der Waals surface area contributed by atoms with Crippen molar-refractivity contribution < 1.29 is 4.74 Å². The van der Waals surface area contributed by atoms with Crippen LogP contribution in [0.1, 0.15) is 32.3 Å². The Morgan fingerprint density at radius 1 is 1.05 bits per heavy atom. The molecule has 0 amide bonds. The molecule has 0 fully saturated rings. The fourth-order valence-corrected chi connectivity index (χ4v) is 2.23. The summed E-state index contributed by atoms with van der Waals surface area (Å²) in [5.41, 5.74) is 1.22. The first-order valence-corrected chi connectivity index (χ1v) is 7.39. The molecule has 1 N–H and O–H groups in total. The smallest absolute Gasteiger partial charge is 0.123 e. The summed E-state index contributed by atoms with van der Waals surface area (Å²) in [6.07, 6.45) is 2.41. The average molecular weight is 264 g/mol. The molecule has 19 heavy (non-hydrogen) atoms. The normalized spacial score (nSPS) is 10.9. The lowest BCUT2D eigenvalue weighted by Crippen LogP contribution is -2.30. The third-order valence-corrected chi connectivity index (χ3v) is 3.08. The Hall–Kier alpha value is -1.06. The minimum Gasteiger partial charge on any atom is -0.492 e. The number of nitrogens with zero attached hydrogens (tertiary/aromatic N) is 1. The van der Waals surface area contributed by atoms with E-state index in [-0.39, 0.29) is 0 Å². The highest BCUT2D eigenvalue weighted by Gasteiger charge is 2.05. The van der Waals surface area contributed by atoms with Crippen LogP contribution in [0.4, 0.5) is 0 Å². The number of rotatable bonds is 10. The lowest BCUT2D eigenvalue weighted by atomic mass is 10.2. The minimum atomic E-state index is 0.765. The predicted molar refractivity (Wildman–Crippen MR) is 81.7 cm³/mol. The van der Waals surface area contributed by atoms with Gasteiger partial charge in [-0.3, -0.25) is 4.90 Å². The van der Waals surface area contributed by atoms with Gasteiger partial charge in [0.1, 0.15) is 12.4 Å². The van der Waals surface area contributed by atoms with E-state index in [1.165, 1.54) is 18.4 Å². The molecule has 0 unspecified atom stereocenters. The quantitative estimate of drug-likeness (QED) is 0.703. The van der Waals surface area contributed by atoms with Crippen LogP contribution in [0.2, 0.25) is 0 Å². The molecule has 0 aromatic heterocycles. The van der Waals surface area contributed by atoms with Crippen molar-refractivity contribution in [1.82, 2.24) is 10.2 Å². The number of ether oxygens (including phenoxy) is 1. The molecule has 0 bridgehead atoms. The van der Waals surface area contributed by atoms with Crippen molar-refractivity contribution in [3.63, 3.8) is 0 Å². The molecule has 0 spiro atoms. The molecule has 0 aliphatic heterocycles. The van der Waals surface area contributed by atoms with Crippen molar-refractivity contribution in [3.8, 4) is 5.75 Å². The topological polar surface area (TPSA) is 24.5 Å². The van der Waals surface area contributed by atoms with Gasteiger partial charge in [-0.2, -0.15) is 0 Å². The summed E-state index contributed by atoms with van der Waals surface area (Å²) in [4.78, 5) is 2.47. The Morgan fingerprint density at radius 3 is 2.37 bits per heavy atom. The molecular formula is C16H28N2O. The summed E-state index contributed by atoms with van der Waals surface area (Å²) >= 11 is 0. The van der Waals surface area contributed by atoms with Crippen LogP contribution < -0.4 is 10.1 Å². The second-order valence-electron chi connectivity index (χ2n) is 4.83. The van der Waals surface area contributed by atoms with Gasteiger partial charge >= 0.3 is 0 Å². The summed E-state index contributed by atoms with van der Waals surface area (Å²) in [7, 11) is 1.96. The van der Waals surface area contributed by atoms with Gasteiger partial charge < -0.3 is 10.1 Å². The monoisotopic (exact) mass is 264 g/mol. The van der Waals surface area contributed by atoms with Gasteiger partial charge in [-0.1, -0.05) is 32.0 Å². The van der Waals surface area contributed by atoms with E-state index in [9.17, 15) is 0 Å². The van der Waals surface area contributed by atoms with Gasteiger partial charge in [-0.25, -0.2) is 0 Å². The second kappa shape index (κ2) is 9.82. The largest absolute Gasteiger partial charge is 0.492 e. The average Bonchev–Trinajstić information content (AvgIpc) is 2.41. The standard InChI is InChI=1S/C16H28N2O/c1-4-10-18(11-5-2)12-13-19-16-9-7-6-8-15(16)14-17-3/h6-9,17H,4-5,10-14H2,1-3H3. The Bertz CT molecular complexity index is 335. The summed E-state index contributed by atoms with van der Waals surface area (Å²) in [5, 5.41) is 3.17. The predicted octanol–water partition coefficient (Wildman–Crippen LogP) is 2.91. The molecule has 0 saturated heterocycles. The zero-order valence-electron chi connectivity index (χ0n) is 12.6. The van der Waals surface area contributed by atoms with Crippen LogP contribution in [0.15, 0.2) is 24.3 Å². The van der Waals surface area contributed by atoms with Gasteiger partial charge in [0.05, 0.1) is 0 Å². The number of hydrogen-bond acceptors (Lipinski definition) is 3. The zero-order valence-corrected chi connectivity index (χ0v) is 12.6. The van der Waals surface area contributed by atoms with Gasteiger partial charge in [0, 0.05) is 18.7 Å². The van der Waals surface area contributed by atoms with Crippen LogP contribution in [0.3, 0.4) is 0 Å². The van der Waals surface area contributed by atoms with Gasteiger partial charge in [0.15, 0.2) is 0 Å². The van der Waals surface area contributed by atoms with E-state index >= 15 is 0 Å². The van der Waals surface area contributed by atoms with Crippen LogP contribution in [-0.4, -0.2) is 38.2 Å². The number of benzene rings is 1. The van der Waals surface area contributed by atoms with Crippen LogP contribution >= 0.6 is 0 Å². The molecule has 1 rings (SSSR count). The van der Waals surface area contributed by atoms with Crippen LogP contribution in [-0.2, 0) is 6.54 Å². The van der Waals surface area contributed by atoms with E-state index in [1.54, 1.807) is 0 Å². The van der Waals surface area contributed by atoms with Crippen molar-refractivity contribution in [2.75, 3.05) is 33.3 Å². The first-order valence-electron chi connectivity index (χ1n) is 7.39. The molecule has 0 heterocycles. The maximum absolute atomic E-state index is 5.93. The maximum Gasteiger partial charge on any atom is 0.123 e. The number of hydrogen-bond donors (Lipinski definition) is 1. The van der Waals surface area contributed by atoms with Crippen LogP contribution in [0, 0.1) is 0 Å². The lowest BCUT2D eigenvalue weighted by molar-refractivity contribution is 0.208. The van der Waals surface area contributed by atoms with E-state index in [2.05, 4.69) is 42.3 Å². The van der Waals surface area contributed by atoms with E-state index in [1.807, 2.05) is 13.1 Å². The number of para-hydroxylation sites is 1.